The Balaban J connectivity index is 1.58. The first-order valence-electron chi connectivity index (χ1n) is 8.81. The second-order valence-electron chi connectivity index (χ2n) is 6.22. The van der Waals surface area contributed by atoms with Crippen LogP contribution in [0.15, 0.2) is 72.8 Å². The zero-order valence-electron chi connectivity index (χ0n) is 15.6. The number of amides is 2. The lowest BCUT2D eigenvalue weighted by Crippen LogP contribution is -2.30. The van der Waals surface area contributed by atoms with Gasteiger partial charge in [-0.1, -0.05) is 17.7 Å². The highest BCUT2D eigenvalue weighted by Crippen LogP contribution is 2.24. The Morgan fingerprint density at radius 1 is 0.931 bits per heavy atom. The van der Waals surface area contributed by atoms with E-state index >= 15 is 0 Å². The molecule has 29 heavy (non-hydrogen) atoms. The van der Waals surface area contributed by atoms with Crippen LogP contribution < -0.4 is 20.5 Å². The van der Waals surface area contributed by atoms with Crippen LogP contribution in [-0.2, 0) is 4.79 Å². The number of benzene rings is 3. The molecule has 0 fully saturated rings. The fraction of sp³-hybridized carbons (Fsp3) is 0.0909. The fourth-order valence-corrected chi connectivity index (χ4v) is 2.60. The quantitative estimate of drug-likeness (QED) is 0.593. The van der Waals surface area contributed by atoms with E-state index in [0.29, 0.717) is 33.5 Å². The Hall–Kier alpha value is -3.51. The summed E-state index contributed by atoms with van der Waals surface area (Å²) >= 11 is 5.84. The Kier molecular flexibility index (Phi) is 6.36. The molecule has 0 aliphatic heterocycles. The number of ether oxygens (including phenoxy) is 2. The number of rotatable bonds is 7. The molecule has 3 N–H and O–H groups in total. The SMILES string of the molecule is CC(Oc1ccc(Cl)cc1)C(=O)Nc1ccc(Oc2cccc(C(N)=O)c2)cc1. The van der Waals surface area contributed by atoms with Gasteiger partial charge in [0.05, 0.1) is 0 Å². The van der Waals surface area contributed by atoms with Crippen LogP contribution >= 0.6 is 11.6 Å². The molecule has 1 unspecified atom stereocenters. The van der Waals surface area contributed by atoms with E-state index in [2.05, 4.69) is 5.32 Å². The summed E-state index contributed by atoms with van der Waals surface area (Å²) in [5.41, 5.74) is 6.23. The van der Waals surface area contributed by atoms with Crippen molar-refractivity contribution in [3.8, 4) is 17.2 Å². The molecule has 0 saturated heterocycles. The van der Waals surface area contributed by atoms with Gasteiger partial charge in [0.1, 0.15) is 17.2 Å². The summed E-state index contributed by atoms with van der Waals surface area (Å²) in [6.45, 7) is 1.66. The molecule has 0 aliphatic carbocycles. The van der Waals surface area contributed by atoms with E-state index in [1.165, 1.54) is 0 Å². The molecule has 1 atom stereocenters. The molecule has 0 aromatic heterocycles. The predicted molar refractivity (Wildman–Crippen MR) is 112 cm³/mol. The third kappa shape index (κ3) is 5.73. The number of primary amides is 1. The van der Waals surface area contributed by atoms with E-state index in [0.717, 1.165) is 0 Å². The van der Waals surface area contributed by atoms with Gasteiger partial charge >= 0.3 is 0 Å². The highest BCUT2D eigenvalue weighted by Gasteiger charge is 2.15. The standard InChI is InChI=1S/C22H19ClN2O4/c1-14(28-18-9-5-16(23)6-10-18)22(27)25-17-7-11-19(12-8-17)29-20-4-2-3-15(13-20)21(24)26/h2-14H,1H3,(H2,24,26)(H,25,27). The summed E-state index contributed by atoms with van der Waals surface area (Å²) < 4.78 is 11.3. The van der Waals surface area contributed by atoms with Crippen molar-refractivity contribution in [1.29, 1.82) is 0 Å². The monoisotopic (exact) mass is 410 g/mol. The van der Waals surface area contributed by atoms with Crippen LogP contribution in [0.1, 0.15) is 17.3 Å². The van der Waals surface area contributed by atoms with Gasteiger partial charge in [-0.2, -0.15) is 0 Å². The third-order valence-corrected chi connectivity index (χ3v) is 4.22. The van der Waals surface area contributed by atoms with Crippen LogP contribution in [0.2, 0.25) is 5.02 Å². The molecule has 0 bridgehead atoms. The summed E-state index contributed by atoms with van der Waals surface area (Å²) in [4.78, 5) is 23.6. The highest BCUT2D eigenvalue weighted by atomic mass is 35.5. The molecule has 3 aromatic rings. The van der Waals surface area contributed by atoms with E-state index in [-0.39, 0.29) is 5.91 Å². The Morgan fingerprint density at radius 3 is 2.24 bits per heavy atom. The van der Waals surface area contributed by atoms with Gasteiger partial charge in [0.25, 0.3) is 5.91 Å². The maximum Gasteiger partial charge on any atom is 0.265 e. The lowest BCUT2D eigenvalue weighted by atomic mass is 10.2. The van der Waals surface area contributed by atoms with Crippen molar-refractivity contribution in [1.82, 2.24) is 0 Å². The van der Waals surface area contributed by atoms with E-state index < -0.39 is 12.0 Å². The molecule has 2 amide bonds. The predicted octanol–water partition coefficient (Wildman–Crippen LogP) is 4.64. The highest BCUT2D eigenvalue weighted by molar-refractivity contribution is 6.30. The summed E-state index contributed by atoms with van der Waals surface area (Å²) in [5, 5.41) is 3.38. The lowest BCUT2D eigenvalue weighted by molar-refractivity contribution is -0.122. The molecule has 0 saturated carbocycles. The van der Waals surface area contributed by atoms with Gasteiger partial charge in [-0.15, -0.1) is 0 Å². The van der Waals surface area contributed by atoms with E-state index in [1.807, 2.05) is 0 Å². The van der Waals surface area contributed by atoms with Gasteiger partial charge in [0.2, 0.25) is 5.91 Å². The second kappa shape index (κ2) is 9.12. The smallest absolute Gasteiger partial charge is 0.265 e. The van der Waals surface area contributed by atoms with Crippen LogP contribution in [0, 0.1) is 0 Å². The van der Waals surface area contributed by atoms with Gasteiger partial charge < -0.3 is 20.5 Å². The fourth-order valence-electron chi connectivity index (χ4n) is 2.47. The molecule has 148 valence electrons. The van der Waals surface area contributed by atoms with E-state index in [9.17, 15) is 9.59 Å². The number of halogens is 1. The van der Waals surface area contributed by atoms with Crippen molar-refractivity contribution in [2.45, 2.75) is 13.0 Å². The van der Waals surface area contributed by atoms with Crippen LogP contribution in [0.3, 0.4) is 0 Å². The number of hydrogen-bond donors (Lipinski definition) is 2. The number of carbonyl (C=O) groups excluding carboxylic acids is 2. The number of hydrogen-bond acceptors (Lipinski definition) is 4. The normalized spacial score (nSPS) is 11.4. The Bertz CT molecular complexity index is 1000. The zero-order valence-corrected chi connectivity index (χ0v) is 16.3. The molecule has 0 radical (unpaired) electrons. The summed E-state index contributed by atoms with van der Waals surface area (Å²) in [5.74, 6) is 0.781. The average molecular weight is 411 g/mol. The molecular formula is C22H19ClN2O4. The molecule has 0 spiro atoms. The minimum absolute atomic E-state index is 0.289. The van der Waals surface area contributed by atoms with Crippen molar-refractivity contribution in [2.75, 3.05) is 5.32 Å². The zero-order chi connectivity index (χ0) is 20.8. The van der Waals surface area contributed by atoms with Gasteiger partial charge in [-0.3, -0.25) is 9.59 Å². The summed E-state index contributed by atoms with van der Waals surface area (Å²) in [7, 11) is 0. The molecule has 7 heteroatoms. The first-order valence-corrected chi connectivity index (χ1v) is 9.19. The minimum Gasteiger partial charge on any atom is -0.481 e. The van der Waals surface area contributed by atoms with Gasteiger partial charge in [-0.05, 0) is 73.7 Å². The first-order chi connectivity index (χ1) is 13.9. The minimum atomic E-state index is -0.691. The maximum absolute atomic E-state index is 12.3. The van der Waals surface area contributed by atoms with Crippen molar-refractivity contribution >= 4 is 29.1 Å². The summed E-state index contributed by atoms with van der Waals surface area (Å²) in [6, 6.07) is 20.2. The number of nitrogens with two attached hydrogens (primary N) is 1. The Morgan fingerprint density at radius 2 is 1.59 bits per heavy atom. The second-order valence-corrected chi connectivity index (χ2v) is 6.66. The van der Waals surface area contributed by atoms with Gasteiger partial charge in [0, 0.05) is 16.3 Å². The van der Waals surface area contributed by atoms with Crippen molar-refractivity contribution in [2.24, 2.45) is 5.73 Å². The number of anilines is 1. The van der Waals surface area contributed by atoms with E-state index in [1.54, 1.807) is 79.7 Å². The third-order valence-electron chi connectivity index (χ3n) is 3.97. The molecular weight excluding hydrogens is 392 g/mol. The maximum atomic E-state index is 12.3. The topological polar surface area (TPSA) is 90.7 Å². The largest absolute Gasteiger partial charge is 0.481 e. The van der Waals surface area contributed by atoms with Crippen LogP contribution in [-0.4, -0.2) is 17.9 Å². The molecule has 6 nitrogen and oxygen atoms in total. The molecule has 0 heterocycles. The van der Waals surface area contributed by atoms with Crippen molar-refractivity contribution in [3.05, 3.63) is 83.4 Å². The number of nitrogens with one attached hydrogen (secondary N) is 1. The van der Waals surface area contributed by atoms with Crippen molar-refractivity contribution in [3.63, 3.8) is 0 Å². The summed E-state index contributed by atoms with van der Waals surface area (Å²) in [6.07, 6.45) is -0.691. The molecule has 0 aliphatic rings. The van der Waals surface area contributed by atoms with Crippen molar-refractivity contribution < 1.29 is 19.1 Å². The van der Waals surface area contributed by atoms with Crippen LogP contribution in [0.5, 0.6) is 17.2 Å². The first kappa shape index (κ1) is 20.2. The lowest BCUT2D eigenvalue weighted by Gasteiger charge is -2.15. The van der Waals surface area contributed by atoms with Crippen LogP contribution in [0.25, 0.3) is 0 Å². The molecule has 3 rings (SSSR count). The van der Waals surface area contributed by atoms with Gasteiger partial charge in [-0.25, -0.2) is 0 Å². The Labute approximate surface area is 173 Å². The van der Waals surface area contributed by atoms with Crippen LogP contribution in [0.4, 0.5) is 5.69 Å². The van der Waals surface area contributed by atoms with E-state index in [4.69, 9.17) is 26.8 Å². The molecule has 3 aromatic carbocycles. The average Bonchev–Trinajstić information content (AvgIpc) is 2.71. The number of carbonyl (C=O) groups is 2. The van der Waals surface area contributed by atoms with Gasteiger partial charge in [0.15, 0.2) is 6.10 Å².